The van der Waals surface area contributed by atoms with E-state index >= 15 is 0 Å². The number of rotatable bonds is 18. The number of carbonyl (C=O) groups excluding carboxylic acids is 8. The molecule has 3 aromatic rings. The Morgan fingerprint density at radius 1 is 0.564 bits per heavy atom. The molecule has 0 spiro atoms. The maximum Gasteiger partial charge on any atom is 0.308 e. The summed E-state index contributed by atoms with van der Waals surface area (Å²) in [5, 5.41) is 8.10. The molecular weight excluding hydrogens is 708 g/mol. The van der Waals surface area contributed by atoms with E-state index in [0.29, 0.717) is 0 Å². The van der Waals surface area contributed by atoms with Gasteiger partial charge in [0.2, 0.25) is 23.6 Å². The SMILES string of the molecule is COC(=O)[C@H](C)CC(=O)[C@@H](CC(=O)NC(c1ccccc1)(c1ccccc1)c1ccccc1)NC(C)=O.COC(=O)[C@H](C)CC(=O)[C@@H](CC(N)=O)NC(C)=O. The molecule has 0 heterocycles. The van der Waals surface area contributed by atoms with E-state index in [2.05, 4.69) is 20.7 Å². The zero-order chi connectivity index (χ0) is 41.1. The topological polar surface area (TPSA) is 217 Å². The van der Waals surface area contributed by atoms with Crippen molar-refractivity contribution in [3.05, 3.63) is 108 Å². The van der Waals surface area contributed by atoms with Crippen LogP contribution in [0, 0.1) is 11.8 Å². The van der Waals surface area contributed by atoms with Crippen LogP contribution in [0.2, 0.25) is 0 Å². The number of methoxy groups -OCH3 is 2. The number of amides is 4. The van der Waals surface area contributed by atoms with Gasteiger partial charge in [-0.05, 0) is 16.7 Å². The van der Waals surface area contributed by atoms with Crippen molar-refractivity contribution in [2.45, 2.75) is 71.0 Å². The second-order valence-electron chi connectivity index (χ2n) is 13.0. The Balaban J connectivity index is 0.000000490. The predicted octanol–water partition coefficient (Wildman–Crippen LogP) is 2.89. The molecule has 0 radical (unpaired) electrons. The molecule has 14 heteroatoms. The summed E-state index contributed by atoms with van der Waals surface area (Å²) in [5.74, 6) is -5.27. The lowest BCUT2D eigenvalue weighted by Gasteiger charge is -2.37. The quantitative estimate of drug-likeness (QED) is 0.110. The number of hydrogen-bond donors (Lipinski definition) is 4. The van der Waals surface area contributed by atoms with Crippen LogP contribution in [0.3, 0.4) is 0 Å². The van der Waals surface area contributed by atoms with Crippen LogP contribution in [0.4, 0.5) is 0 Å². The molecule has 55 heavy (non-hydrogen) atoms. The molecule has 0 saturated heterocycles. The summed E-state index contributed by atoms with van der Waals surface area (Å²) in [4.78, 5) is 95.1. The highest BCUT2D eigenvalue weighted by atomic mass is 16.5. The Morgan fingerprint density at radius 3 is 1.18 bits per heavy atom. The summed E-state index contributed by atoms with van der Waals surface area (Å²) in [5.41, 5.74) is 6.44. The van der Waals surface area contributed by atoms with Gasteiger partial charge in [0, 0.05) is 26.7 Å². The molecule has 0 aliphatic carbocycles. The summed E-state index contributed by atoms with van der Waals surface area (Å²) in [7, 11) is 2.47. The second kappa shape index (κ2) is 22.1. The molecule has 0 saturated carbocycles. The molecule has 5 N–H and O–H groups in total. The lowest BCUT2D eigenvalue weighted by Crippen LogP contribution is -2.51. The molecule has 0 unspecified atom stereocenters. The van der Waals surface area contributed by atoms with Gasteiger partial charge in [0.25, 0.3) is 0 Å². The van der Waals surface area contributed by atoms with E-state index in [1.165, 1.54) is 35.0 Å². The van der Waals surface area contributed by atoms with Crippen LogP contribution in [0.15, 0.2) is 91.0 Å². The Bertz CT molecular complexity index is 1670. The van der Waals surface area contributed by atoms with Gasteiger partial charge in [-0.25, -0.2) is 0 Å². The first-order valence-corrected chi connectivity index (χ1v) is 17.6. The lowest BCUT2D eigenvalue weighted by molar-refractivity contribution is -0.147. The van der Waals surface area contributed by atoms with Gasteiger partial charge in [0.1, 0.15) is 5.54 Å². The van der Waals surface area contributed by atoms with Crippen molar-refractivity contribution >= 4 is 47.1 Å². The molecule has 4 atom stereocenters. The van der Waals surface area contributed by atoms with Crippen LogP contribution in [0.25, 0.3) is 0 Å². The van der Waals surface area contributed by atoms with E-state index in [-0.39, 0.29) is 25.7 Å². The first-order valence-electron chi connectivity index (χ1n) is 17.6. The number of ether oxygens (including phenoxy) is 2. The second-order valence-corrected chi connectivity index (χ2v) is 13.0. The molecule has 0 bridgehead atoms. The van der Waals surface area contributed by atoms with Gasteiger partial charge in [-0.1, -0.05) is 105 Å². The molecule has 294 valence electrons. The maximum atomic E-state index is 13.6. The van der Waals surface area contributed by atoms with E-state index in [9.17, 15) is 38.4 Å². The van der Waals surface area contributed by atoms with Gasteiger partial charge >= 0.3 is 11.9 Å². The average Bonchev–Trinajstić information content (AvgIpc) is 3.16. The summed E-state index contributed by atoms with van der Waals surface area (Å²) >= 11 is 0. The molecule has 0 aromatic heterocycles. The fourth-order valence-corrected chi connectivity index (χ4v) is 5.87. The van der Waals surface area contributed by atoms with Crippen molar-refractivity contribution in [1.82, 2.24) is 16.0 Å². The monoisotopic (exact) mass is 758 g/mol. The van der Waals surface area contributed by atoms with Crippen LogP contribution in [0.5, 0.6) is 0 Å². The zero-order valence-corrected chi connectivity index (χ0v) is 32.0. The van der Waals surface area contributed by atoms with Gasteiger partial charge in [-0.15, -0.1) is 0 Å². The molecule has 3 aromatic carbocycles. The van der Waals surface area contributed by atoms with Crippen molar-refractivity contribution in [2.75, 3.05) is 14.2 Å². The average molecular weight is 759 g/mol. The maximum absolute atomic E-state index is 13.6. The van der Waals surface area contributed by atoms with Gasteiger partial charge in [0.05, 0.1) is 51.0 Å². The molecule has 4 amide bonds. The minimum absolute atomic E-state index is 0.120. The largest absolute Gasteiger partial charge is 0.469 e. The molecule has 0 aliphatic rings. The normalized spacial score (nSPS) is 12.8. The summed E-state index contributed by atoms with van der Waals surface area (Å²) in [6.07, 6.45) is -0.857. The van der Waals surface area contributed by atoms with Gasteiger partial charge < -0.3 is 31.2 Å². The third kappa shape index (κ3) is 14.0. The minimum Gasteiger partial charge on any atom is -0.469 e. The number of benzene rings is 3. The van der Waals surface area contributed by atoms with Crippen LogP contribution < -0.4 is 21.7 Å². The minimum atomic E-state index is -1.09. The number of primary amides is 1. The fraction of sp³-hybridized carbons (Fsp3) is 0.366. The van der Waals surface area contributed by atoms with Crippen molar-refractivity contribution in [1.29, 1.82) is 0 Å². The zero-order valence-electron chi connectivity index (χ0n) is 32.0. The highest BCUT2D eigenvalue weighted by Gasteiger charge is 2.39. The summed E-state index contributed by atoms with van der Waals surface area (Å²) in [6, 6.07) is 26.7. The Hall–Kier alpha value is -6.18. The van der Waals surface area contributed by atoms with Crippen molar-refractivity contribution in [2.24, 2.45) is 17.6 Å². The Labute approximate surface area is 320 Å². The van der Waals surface area contributed by atoms with E-state index in [0.717, 1.165) is 16.7 Å². The first kappa shape index (κ1) is 45.0. The first-order chi connectivity index (χ1) is 26.0. The number of ketones is 2. The molecule has 3 rings (SSSR count). The van der Waals surface area contributed by atoms with E-state index in [1.54, 1.807) is 6.92 Å². The molecule has 14 nitrogen and oxygen atoms in total. The van der Waals surface area contributed by atoms with Crippen LogP contribution in [0.1, 0.15) is 70.1 Å². The lowest BCUT2D eigenvalue weighted by atomic mass is 9.76. The number of nitrogens with one attached hydrogen (secondary N) is 3. The number of hydrogen-bond acceptors (Lipinski definition) is 10. The number of nitrogens with two attached hydrogens (primary N) is 1. The molecule has 0 fully saturated rings. The van der Waals surface area contributed by atoms with Crippen LogP contribution in [-0.2, 0) is 53.4 Å². The van der Waals surface area contributed by atoms with Crippen LogP contribution >= 0.6 is 0 Å². The fourth-order valence-electron chi connectivity index (χ4n) is 5.87. The van der Waals surface area contributed by atoms with Crippen molar-refractivity contribution < 1.29 is 47.8 Å². The molecule has 0 aliphatic heterocycles. The third-order valence-corrected chi connectivity index (χ3v) is 8.50. The predicted molar refractivity (Wildman–Crippen MR) is 203 cm³/mol. The Kier molecular flexibility index (Phi) is 18.1. The van der Waals surface area contributed by atoms with Gasteiger partial charge in [-0.2, -0.15) is 0 Å². The van der Waals surface area contributed by atoms with Crippen molar-refractivity contribution in [3.63, 3.8) is 0 Å². The number of esters is 2. The smallest absolute Gasteiger partial charge is 0.308 e. The van der Waals surface area contributed by atoms with Crippen molar-refractivity contribution in [3.8, 4) is 0 Å². The number of carbonyl (C=O) groups is 8. The Morgan fingerprint density at radius 2 is 0.891 bits per heavy atom. The van der Waals surface area contributed by atoms with Gasteiger partial charge in [0.15, 0.2) is 11.6 Å². The van der Waals surface area contributed by atoms with Gasteiger partial charge in [-0.3, -0.25) is 38.4 Å². The van der Waals surface area contributed by atoms with E-state index < -0.39 is 76.6 Å². The summed E-state index contributed by atoms with van der Waals surface area (Å²) < 4.78 is 9.19. The molecular formula is C41H50N4O10. The summed E-state index contributed by atoms with van der Waals surface area (Å²) in [6.45, 7) is 5.60. The van der Waals surface area contributed by atoms with Crippen LogP contribution in [-0.4, -0.2) is 73.4 Å². The number of Topliss-reactive ketones (excluding diaryl/α,β-unsaturated/α-hetero) is 2. The highest BCUT2D eigenvalue weighted by molar-refractivity contribution is 5.95. The third-order valence-electron chi connectivity index (χ3n) is 8.50. The van der Waals surface area contributed by atoms with E-state index in [4.69, 9.17) is 10.5 Å². The standard InChI is InChI=1S/C30H32N2O5.C11H18N2O5/c1-21(29(36)37-3)19-27(34)26(31-22(2)33)20-28(35)32-30(23-13-7-4-8-14-23,24-15-9-5-10-16-24)25-17-11-6-12-18-25;1-6(11(17)18-3)4-9(15)8(5-10(12)16)13-7(2)14/h4-18,21,26H,19-20H2,1-3H3,(H,31,33)(H,32,35);6,8H,4-5H2,1-3H3,(H2,12,16)(H,13,14)/t21-,26-;6-,8-/m11/s1. The van der Waals surface area contributed by atoms with E-state index in [1.807, 2.05) is 91.0 Å². The highest BCUT2D eigenvalue weighted by Crippen LogP contribution is 2.37.